The van der Waals surface area contributed by atoms with E-state index in [1.54, 1.807) is 24.3 Å². The van der Waals surface area contributed by atoms with Crippen molar-refractivity contribution in [2.75, 3.05) is 5.75 Å². The minimum absolute atomic E-state index is 0. The number of rotatable bonds is 15. The van der Waals surface area contributed by atoms with Crippen LogP contribution in [0.1, 0.15) is 84.0 Å². The minimum atomic E-state index is -3.45. The van der Waals surface area contributed by atoms with E-state index in [0.29, 0.717) is 12.2 Å². The second kappa shape index (κ2) is 16.8. The first-order valence-corrected chi connectivity index (χ1v) is 11.2. The van der Waals surface area contributed by atoms with Crippen molar-refractivity contribution >= 4 is 61.5 Å². The van der Waals surface area contributed by atoms with Gasteiger partial charge in [0.25, 0.3) is 0 Å². The molecule has 0 unspecified atom stereocenters. The summed E-state index contributed by atoms with van der Waals surface area (Å²) in [4.78, 5) is 0. The van der Waals surface area contributed by atoms with Gasteiger partial charge in [-0.15, -0.1) is 0 Å². The quantitative estimate of drug-likeness (QED) is 0.226. The summed E-state index contributed by atoms with van der Waals surface area (Å²) in [5, 5.41) is 0. The maximum absolute atomic E-state index is 11.9. The van der Waals surface area contributed by atoms with Crippen LogP contribution in [0.5, 0.6) is 5.75 Å². The third-order valence-electron chi connectivity index (χ3n) is 4.21. The van der Waals surface area contributed by atoms with Crippen LogP contribution in [-0.4, -0.2) is 65.6 Å². The molecule has 0 aliphatic carbocycles. The molecule has 0 aliphatic heterocycles. The van der Waals surface area contributed by atoms with Gasteiger partial charge in [-0.25, -0.2) is 0 Å². The van der Waals surface area contributed by atoms with Gasteiger partial charge in [-0.2, -0.15) is 8.42 Å². The molecular weight excluding hydrogens is 359 g/mol. The number of benzene rings is 1. The third kappa shape index (κ3) is 15.4. The van der Waals surface area contributed by atoms with Crippen molar-refractivity contribution in [3.05, 3.63) is 30.3 Å². The summed E-state index contributed by atoms with van der Waals surface area (Å²) >= 11 is 0. The molecule has 1 rings (SSSR count). The third-order valence-corrected chi connectivity index (χ3v) is 5.45. The second-order valence-electron chi connectivity index (χ2n) is 6.55. The molecule has 0 fully saturated rings. The molecule has 0 saturated carbocycles. The maximum atomic E-state index is 11.9. The average molecular weight is 395 g/mol. The van der Waals surface area contributed by atoms with E-state index in [2.05, 4.69) is 6.92 Å². The number of hydrogen-bond donors (Lipinski definition) is 0. The van der Waals surface area contributed by atoms with Gasteiger partial charge in [0, 0.05) is 0 Å². The molecule has 0 bridgehead atoms. The predicted octanol–water partition coefficient (Wildman–Crippen LogP) is 5.45. The Hall–Kier alpha value is 0.606. The summed E-state index contributed by atoms with van der Waals surface area (Å²) in [5.74, 6) is 0.510. The van der Waals surface area contributed by atoms with E-state index in [1.807, 2.05) is 6.07 Å². The Kier molecular flexibility index (Phi) is 17.2. The molecule has 25 heavy (non-hydrogen) atoms. The molecule has 140 valence electrons. The summed E-state index contributed by atoms with van der Waals surface area (Å²) < 4.78 is 28.8. The Bertz CT molecular complexity index is 503. The zero-order valence-electron chi connectivity index (χ0n) is 15.2. The molecular formula is C20H35KO3S. The molecule has 0 atom stereocenters. The van der Waals surface area contributed by atoms with Crippen molar-refractivity contribution < 1.29 is 12.6 Å². The molecule has 0 aliphatic rings. The Morgan fingerprint density at radius 1 is 0.720 bits per heavy atom. The monoisotopic (exact) mass is 394 g/mol. The van der Waals surface area contributed by atoms with Crippen molar-refractivity contribution in [1.29, 1.82) is 0 Å². The number of unbranched alkanes of at least 4 members (excludes halogenated alkanes) is 11. The zero-order valence-corrected chi connectivity index (χ0v) is 16.0. The normalized spacial score (nSPS) is 11.1. The van der Waals surface area contributed by atoms with Crippen LogP contribution in [0.25, 0.3) is 0 Å². The van der Waals surface area contributed by atoms with E-state index in [0.717, 1.165) is 12.8 Å². The van der Waals surface area contributed by atoms with Gasteiger partial charge in [0.1, 0.15) is 5.75 Å². The van der Waals surface area contributed by atoms with Crippen LogP contribution >= 0.6 is 0 Å². The SMILES string of the molecule is CCCCCCCCCCCCCCS(=O)(=O)Oc1ccccc1.[KH]. The van der Waals surface area contributed by atoms with Crippen LogP contribution in [0.2, 0.25) is 0 Å². The molecule has 3 nitrogen and oxygen atoms in total. The van der Waals surface area contributed by atoms with Crippen molar-refractivity contribution in [3.8, 4) is 5.75 Å². The van der Waals surface area contributed by atoms with Crippen LogP contribution in [0.3, 0.4) is 0 Å². The average Bonchev–Trinajstić information content (AvgIpc) is 2.56. The van der Waals surface area contributed by atoms with Gasteiger partial charge in [0.2, 0.25) is 0 Å². The van der Waals surface area contributed by atoms with Gasteiger partial charge < -0.3 is 4.18 Å². The predicted molar refractivity (Wildman–Crippen MR) is 109 cm³/mol. The van der Waals surface area contributed by atoms with Gasteiger partial charge in [-0.05, 0) is 18.6 Å². The van der Waals surface area contributed by atoms with Crippen molar-refractivity contribution in [2.24, 2.45) is 0 Å². The second-order valence-corrected chi connectivity index (χ2v) is 8.24. The standard InChI is InChI=1S/C20H34O3S.K.H/c1-2-3-4-5-6-7-8-9-10-11-12-16-19-24(21,22)23-20-17-14-13-15-18-20;;/h13-15,17-18H,2-12,16,19H2,1H3;;. The van der Waals surface area contributed by atoms with Crippen molar-refractivity contribution in [3.63, 3.8) is 0 Å². The summed E-state index contributed by atoms with van der Waals surface area (Å²) in [5.41, 5.74) is 0. The van der Waals surface area contributed by atoms with Crippen LogP contribution in [0, 0.1) is 0 Å². The van der Waals surface area contributed by atoms with Gasteiger partial charge in [-0.3, -0.25) is 0 Å². The molecule has 0 spiro atoms. The Morgan fingerprint density at radius 3 is 1.64 bits per heavy atom. The van der Waals surface area contributed by atoms with Crippen LogP contribution in [0.15, 0.2) is 30.3 Å². The van der Waals surface area contributed by atoms with E-state index in [9.17, 15) is 8.42 Å². The first kappa shape index (κ1) is 25.6. The van der Waals surface area contributed by atoms with Crippen molar-refractivity contribution in [1.82, 2.24) is 0 Å². The molecule has 0 amide bonds. The molecule has 1 aromatic rings. The van der Waals surface area contributed by atoms with E-state index in [1.165, 1.54) is 57.8 Å². The summed E-state index contributed by atoms with van der Waals surface area (Å²) in [6.07, 6.45) is 14.8. The Morgan fingerprint density at radius 2 is 1.16 bits per heavy atom. The fourth-order valence-corrected chi connectivity index (χ4v) is 3.83. The molecule has 0 saturated heterocycles. The molecule has 0 aromatic heterocycles. The van der Waals surface area contributed by atoms with E-state index < -0.39 is 10.1 Å². The molecule has 0 N–H and O–H groups in total. The number of hydrogen-bond acceptors (Lipinski definition) is 3. The van der Waals surface area contributed by atoms with Crippen LogP contribution in [0.4, 0.5) is 0 Å². The van der Waals surface area contributed by atoms with Gasteiger partial charge in [-0.1, -0.05) is 95.8 Å². The Labute approximate surface area is 197 Å². The Balaban J connectivity index is 0.00000576. The summed E-state index contributed by atoms with van der Waals surface area (Å²) in [6.45, 7) is 2.25. The van der Waals surface area contributed by atoms with Crippen LogP contribution < -0.4 is 4.18 Å². The molecule has 5 heteroatoms. The van der Waals surface area contributed by atoms with Crippen molar-refractivity contribution in [2.45, 2.75) is 84.0 Å². The van der Waals surface area contributed by atoms with Gasteiger partial charge in [0.15, 0.2) is 0 Å². The zero-order chi connectivity index (χ0) is 17.5. The molecule has 1 aromatic carbocycles. The summed E-state index contributed by atoms with van der Waals surface area (Å²) in [7, 11) is -3.45. The van der Waals surface area contributed by atoms with Gasteiger partial charge >= 0.3 is 61.5 Å². The van der Waals surface area contributed by atoms with Gasteiger partial charge in [0.05, 0.1) is 5.75 Å². The van der Waals surface area contributed by atoms with E-state index in [4.69, 9.17) is 4.18 Å². The first-order valence-electron chi connectivity index (χ1n) is 9.61. The fraction of sp³-hybridized carbons (Fsp3) is 0.700. The first-order chi connectivity index (χ1) is 11.6. The topological polar surface area (TPSA) is 43.4 Å². The fourth-order valence-electron chi connectivity index (χ4n) is 2.78. The molecule has 0 radical (unpaired) electrons. The van der Waals surface area contributed by atoms with E-state index >= 15 is 0 Å². The number of para-hydroxylation sites is 1. The van der Waals surface area contributed by atoms with E-state index in [-0.39, 0.29) is 57.1 Å². The molecule has 0 heterocycles. The van der Waals surface area contributed by atoms with Crippen LogP contribution in [-0.2, 0) is 10.1 Å². The summed E-state index contributed by atoms with van der Waals surface area (Å²) in [6, 6.07) is 8.72.